The molecule has 2 unspecified atom stereocenters. The third-order valence-corrected chi connectivity index (χ3v) is 9.10. The van der Waals surface area contributed by atoms with Crippen LogP contribution >= 0.6 is 27.3 Å². The fourth-order valence-electron chi connectivity index (χ4n) is 3.31. The lowest BCUT2D eigenvalue weighted by atomic mass is 9.97. The van der Waals surface area contributed by atoms with Crippen molar-refractivity contribution >= 4 is 43.2 Å². The van der Waals surface area contributed by atoms with Crippen molar-refractivity contribution in [1.29, 1.82) is 0 Å². The molecule has 1 saturated heterocycles. The van der Waals surface area contributed by atoms with Gasteiger partial charge >= 0.3 is 0 Å². The second-order valence-electron chi connectivity index (χ2n) is 6.79. The monoisotopic (exact) mass is 434 g/mol. The molecule has 0 bridgehead atoms. The van der Waals surface area contributed by atoms with E-state index in [1.54, 1.807) is 12.1 Å². The lowest BCUT2D eigenvalue weighted by molar-refractivity contribution is -0.137. The number of hydrogen-bond acceptors (Lipinski definition) is 4. The van der Waals surface area contributed by atoms with E-state index in [4.69, 9.17) is 0 Å². The molecule has 1 aromatic rings. The standard InChI is InChI=1S/C16H23BrN2O3S2/c1-11(12-5-6-12)18(2)16(20)13-4-3-9-19(10-13)24(21,22)15-8-7-14(17)23-15/h7-8,11-13H,3-6,9-10H2,1-2H3. The summed E-state index contributed by atoms with van der Waals surface area (Å²) >= 11 is 4.53. The van der Waals surface area contributed by atoms with Crippen LogP contribution in [0.25, 0.3) is 0 Å². The summed E-state index contributed by atoms with van der Waals surface area (Å²) in [7, 11) is -1.65. The van der Waals surface area contributed by atoms with Crippen LogP contribution in [0.3, 0.4) is 0 Å². The Morgan fingerprint density at radius 2 is 2.08 bits per heavy atom. The first-order valence-corrected chi connectivity index (χ1v) is 11.4. The summed E-state index contributed by atoms with van der Waals surface area (Å²) in [6, 6.07) is 3.62. The Morgan fingerprint density at radius 1 is 1.38 bits per heavy atom. The molecule has 1 aromatic heterocycles. The highest BCUT2D eigenvalue weighted by Crippen LogP contribution is 2.36. The van der Waals surface area contributed by atoms with Gasteiger partial charge in [0.15, 0.2) is 0 Å². The van der Waals surface area contributed by atoms with Gasteiger partial charge in [0, 0.05) is 26.2 Å². The molecule has 2 heterocycles. The Labute approximate surface area is 156 Å². The molecule has 24 heavy (non-hydrogen) atoms. The predicted octanol–water partition coefficient (Wildman–Crippen LogP) is 3.17. The number of carbonyl (C=O) groups excluding carboxylic acids is 1. The van der Waals surface area contributed by atoms with Crippen LogP contribution < -0.4 is 0 Å². The molecule has 1 aliphatic heterocycles. The first kappa shape index (κ1) is 18.4. The summed E-state index contributed by atoms with van der Waals surface area (Å²) in [6.07, 6.45) is 3.88. The van der Waals surface area contributed by atoms with E-state index >= 15 is 0 Å². The largest absolute Gasteiger partial charge is 0.342 e. The number of sulfonamides is 1. The van der Waals surface area contributed by atoms with Crippen LogP contribution in [0.1, 0.15) is 32.6 Å². The second-order valence-corrected chi connectivity index (χ2v) is 11.4. The number of carbonyl (C=O) groups is 1. The highest BCUT2D eigenvalue weighted by molar-refractivity contribution is 9.11. The van der Waals surface area contributed by atoms with Gasteiger partial charge in [-0.15, -0.1) is 11.3 Å². The van der Waals surface area contributed by atoms with E-state index in [2.05, 4.69) is 22.9 Å². The quantitative estimate of drug-likeness (QED) is 0.714. The Bertz CT molecular complexity index is 715. The lowest BCUT2D eigenvalue weighted by Crippen LogP contribution is -2.48. The zero-order valence-corrected chi connectivity index (χ0v) is 17.2. The highest BCUT2D eigenvalue weighted by atomic mass is 79.9. The Morgan fingerprint density at radius 3 is 2.67 bits per heavy atom. The molecule has 5 nitrogen and oxygen atoms in total. The van der Waals surface area contributed by atoms with Crippen molar-refractivity contribution < 1.29 is 13.2 Å². The summed E-state index contributed by atoms with van der Waals surface area (Å²) in [5.74, 6) is 0.468. The van der Waals surface area contributed by atoms with Gasteiger partial charge in [0.2, 0.25) is 5.91 Å². The molecular weight excluding hydrogens is 412 g/mol. The number of piperidine rings is 1. The van der Waals surface area contributed by atoms with Crippen LogP contribution in [0.4, 0.5) is 0 Å². The van der Waals surface area contributed by atoms with Gasteiger partial charge < -0.3 is 4.90 Å². The van der Waals surface area contributed by atoms with E-state index in [0.29, 0.717) is 23.2 Å². The topological polar surface area (TPSA) is 57.7 Å². The number of hydrogen-bond donors (Lipinski definition) is 0. The van der Waals surface area contributed by atoms with Crippen molar-refractivity contribution in [1.82, 2.24) is 9.21 Å². The number of halogens is 1. The Balaban J connectivity index is 1.70. The van der Waals surface area contributed by atoms with Crippen molar-refractivity contribution in [3.63, 3.8) is 0 Å². The molecule has 1 saturated carbocycles. The molecule has 1 amide bonds. The Kier molecular flexibility index (Phi) is 5.39. The fourth-order valence-corrected chi connectivity index (χ4v) is 7.00. The molecule has 2 atom stereocenters. The highest BCUT2D eigenvalue weighted by Gasteiger charge is 2.38. The fraction of sp³-hybridized carbons (Fsp3) is 0.688. The van der Waals surface area contributed by atoms with Gasteiger partial charge in [0.05, 0.1) is 9.70 Å². The van der Waals surface area contributed by atoms with Crippen LogP contribution in [0, 0.1) is 11.8 Å². The van der Waals surface area contributed by atoms with E-state index < -0.39 is 10.0 Å². The first-order chi connectivity index (χ1) is 11.3. The van der Waals surface area contributed by atoms with Gasteiger partial charge in [0.25, 0.3) is 10.0 Å². The molecule has 0 N–H and O–H groups in total. The molecule has 8 heteroatoms. The van der Waals surface area contributed by atoms with Crippen LogP contribution in [0.5, 0.6) is 0 Å². The normalized spacial score (nSPS) is 23.9. The average Bonchev–Trinajstić information content (AvgIpc) is 3.33. The molecule has 3 rings (SSSR count). The second kappa shape index (κ2) is 7.05. The van der Waals surface area contributed by atoms with Gasteiger partial charge in [-0.25, -0.2) is 8.42 Å². The maximum Gasteiger partial charge on any atom is 0.252 e. The van der Waals surface area contributed by atoms with E-state index in [0.717, 1.165) is 16.6 Å². The van der Waals surface area contributed by atoms with Gasteiger partial charge in [-0.2, -0.15) is 4.31 Å². The summed E-state index contributed by atoms with van der Waals surface area (Å²) in [6.45, 7) is 2.87. The average molecular weight is 435 g/mol. The van der Waals surface area contributed by atoms with Gasteiger partial charge in [-0.05, 0) is 66.6 Å². The molecule has 0 aromatic carbocycles. The summed E-state index contributed by atoms with van der Waals surface area (Å²) in [5, 5.41) is 0. The molecule has 1 aliphatic carbocycles. The van der Waals surface area contributed by atoms with Gasteiger partial charge in [-0.1, -0.05) is 0 Å². The van der Waals surface area contributed by atoms with Crippen molar-refractivity contribution in [2.24, 2.45) is 11.8 Å². The van der Waals surface area contributed by atoms with Gasteiger partial charge in [-0.3, -0.25) is 4.79 Å². The van der Waals surface area contributed by atoms with Crippen LogP contribution in [0.15, 0.2) is 20.1 Å². The molecule has 0 radical (unpaired) electrons. The van der Waals surface area contributed by atoms with Crippen LogP contribution in [-0.4, -0.2) is 49.7 Å². The van der Waals surface area contributed by atoms with Crippen molar-refractivity contribution in [3.05, 3.63) is 15.9 Å². The first-order valence-electron chi connectivity index (χ1n) is 8.33. The number of thiophene rings is 1. The smallest absolute Gasteiger partial charge is 0.252 e. The maximum atomic E-state index is 12.8. The van der Waals surface area contributed by atoms with Crippen molar-refractivity contribution in [2.75, 3.05) is 20.1 Å². The number of amides is 1. The third-order valence-electron chi connectivity index (χ3n) is 5.14. The Hall–Kier alpha value is -0.440. The summed E-state index contributed by atoms with van der Waals surface area (Å²) in [4.78, 5) is 14.6. The minimum absolute atomic E-state index is 0.0849. The zero-order chi connectivity index (χ0) is 17.5. The number of nitrogens with zero attached hydrogens (tertiary/aromatic N) is 2. The zero-order valence-electron chi connectivity index (χ0n) is 13.9. The van der Waals surface area contributed by atoms with E-state index in [1.807, 2.05) is 11.9 Å². The summed E-state index contributed by atoms with van der Waals surface area (Å²) < 4.78 is 28.2. The van der Waals surface area contributed by atoms with Gasteiger partial charge in [0.1, 0.15) is 4.21 Å². The molecular formula is C16H23BrN2O3S2. The minimum Gasteiger partial charge on any atom is -0.342 e. The summed E-state index contributed by atoms with van der Waals surface area (Å²) in [5.41, 5.74) is 0. The van der Waals surface area contributed by atoms with E-state index in [9.17, 15) is 13.2 Å². The van der Waals surface area contributed by atoms with Crippen molar-refractivity contribution in [2.45, 2.75) is 42.9 Å². The van der Waals surface area contributed by atoms with E-state index in [-0.39, 0.29) is 17.9 Å². The SMILES string of the molecule is CC(C1CC1)N(C)C(=O)C1CCCN(S(=O)(=O)c2ccc(Br)s2)C1. The maximum absolute atomic E-state index is 12.8. The third kappa shape index (κ3) is 3.71. The molecule has 134 valence electrons. The minimum atomic E-state index is -3.51. The van der Waals surface area contributed by atoms with E-state index in [1.165, 1.54) is 28.5 Å². The molecule has 2 aliphatic rings. The lowest BCUT2D eigenvalue weighted by Gasteiger charge is -2.35. The predicted molar refractivity (Wildman–Crippen MR) is 98.5 cm³/mol. The molecule has 0 spiro atoms. The van der Waals surface area contributed by atoms with Crippen LogP contribution in [-0.2, 0) is 14.8 Å². The number of rotatable bonds is 5. The molecule has 2 fully saturated rings. The van der Waals surface area contributed by atoms with Crippen molar-refractivity contribution in [3.8, 4) is 0 Å². The van der Waals surface area contributed by atoms with Crippen LogP contribution in [0.2, 0.25) is 0 Å².